The maximum absolute atomic E-state index is 6.13. The maximum atomic E-state index is 6.13. The van der Waals surface area contributed by atoms with E-state index in [9.17, 15) is 0 Å². The molecule has 1 aromatic carbocycles. The van der Waals surface area contributed by atoms with E-state index in [0.29, 0.717) is 11.2 Å². The van der Waals surface area contributed by atoms with Gasteiger partial charge in [-0.1, -0.05) is 51.1 Å². The lowest BCUT2D eigenvalue weighted by molar-refractivity contribution is 0.263. The van der Waals surface area contributed by atoms with Crippen molar-refractivity contribution in [1.82, 2.24) is 4.37 Å². The van der Waals surface area contributed by atoms with E-state index < -0.39 is 0 Å². The first-order chi connectivity index (χ1) is 9.97. The molecule has 0 amide bonds. The van der Waals surface area contributed by atoms with Crippen LogP contribution < -0.4 is 10.6 Å². The minimum Gasteiger partial charge on any atom is -0.382 e. The van der Waals surface area contributed by atoms with Gasteiger partial charge in [-0.15, -0.1) is 0 Å². The van der Waals surface area contributed by atoms with E-state index in [1.807, 2.05) is 6.07 Å². The summed E-state index contributed by atoms with van der Waals surface area (Å²) in [5.74, 6) is 1.38. The topological polar surface area (TPSA) is 42.2 Å². The molecule has 0 aliphatic carbocycles. The number of hydrogen-bond acceptors (Lipinski definition) is 4. The number of aromatic nitrogens is 1. The number of anilines is 2. The van der Waals surface area contributed by atoms with Gasteiger partial charge in [0.05, 0.1) is 5.56 Å². The van der Waals surface area contributed by atoms with Crippen LogP contribution in [0.4, 0.5) is 10.8 Å². The van der Waals surface area contributed by atoms with Crippen LogP contribution in [-0.2, 0) is 0 Å². The van der Waals surface area contributed by atoms with Gasteiger partial charge in [0.1, 0.15) is 10.8 Å². The molecule has 0 bridgehead atoms. The number of nitrogen functional groups attached to an aromatic ring is 1. The van der Waals surface area contributed by atoms with Gasteiger partial charge in [0.15, 0.2) is 0 Å². The summed E-state index contributed by atoms with van der Waals surface area (Å²) in [5.41, 5.74) is 8.76. The van der Waals surface area contributed by atoms with E-state index in [4.69, 9.17) is 5.73 Å². The molecule has 0 radical (unpaired) electrons. The number of nitrogens with two attached hydrogens (primary N) is 1. The highest BCUT2D eigenvalue weighted by atomic mass is 32.1. The van der Waals surface area contributed by atoms with Crippen molar-refractivity contribution in [1.29, 1.82) is 0 Å². The van der Waals surface area contributed by atoms with Crippen molar-refractivity contribution >= 4 is 22.4 Å². The fourth-order valence-electron chi connectivity index (χ4n) is 3.04. The molecule has 21 heavy (non-hydrogen) atoms. The Morgan fingerprint density at radius 1 is 1.24 bits per heavy atom. The Bertz CT molecular complexity index is 613. The number of rotatable bonds is 2. The van der Waals surface area contributed by atoms with E-state index in [0.717, 1.165) is 30.1 Å². The quantitative estimate of drug-likeness (QED) is 0.901. The van der Waals surface area contributed by atoms with Crippen molar-refractivity contribution in [3.05, 3.63) is 30.3 Å². The van der Waals surface area contributed by atoms with E-state index in [1.165, 1.54) is 23.0 Å². The third kappa shape index (κ3) is 2.77. The fourth-order valence-corrected chi connectivity index (χ4v) is 3.91. The molecule has 3 nitrogen and oxygen atoms in total. The van der Waals surface area contributed by atoms with E-state index in [-0.39, 0.29) is 0 Å². The normalized spacial score (nSPS) is 19.2. The van der Waals surface area contributed by atoms with Gasteiger partial charge in [-0.2, -0.15) is 4.37 Å². The van der Waals surface area contributed by atoms with Gasteiger partial charge in [-0.25, -0.2) is 0 Å². The second kappa shape index (κ2) is 5.34. The lowest BCUT2D eigenvalue weighted by Gasteiger charge is -2.27. The van der Waals surface area contributed by atoms with Crippen LogP contribution in [0.2, 0.25) is 0 Å². The zero-order valence-electron chi connectivity index (χ0n) is 13.0. The van der Waals surface area contributed by atoms with Crippen LogP contribution >= 0.6 is 11.5 Å². The molecule has 1 aromatic heterocycles. The molecule has 4 heteroatoms. The lowest BCUT2D eigenvalue weighted by atomic mass is 9.80. The van der Waals surface area contributed by atoms with Crippen LogP contribution in [0.25, 0.3) is 11.1 Å². The second-order valence-electron chi connectivity index (χ2n) is 6.91. The molecule has 112 valence electrons. The van der Waals surface area contributed by atoms with Crippen LogP contribution in [0.3, 0.4) is 0 Å². The molecule has 0 saturated carbocycles. The third-order valence-electron chi connectivity index (χ3n) is 4.46. The van der Waals surface area contributed by atoms with E-state index in [1.54, 1.807) is 0 Å². The van der Waals surface area contributed by atoms with Crippen LogP contribution in [0, 0.1) is 11.3 Å². The largest absolute Gasteiger partial charge is 0.382 e. The molecule has 2 heterocycles. The van der Waals surface area contributed by atoms with Gasteiger partial charge < -0.3 is 10.6 Å². The summed E-state index contributed by atoms with van der Waals surface area (Å²) < 4.78 is 4.40. The summed E-state index contributed by atoms with van der Waals surface area (Å²) in [7, 11) is 0. The molecular weight excluding hydrogens is 278 g/mol. The predicted molar refractivity (Wildman–Crippen MR) is 91.7 cm³/mol. The average molecular weight is 301 g/mol. The summed E-state index contributed by atoms with van der Waals surface area (Å²) in [6, 6.07) is 10.4. The van der Waals surface area contributed by atoms with E-state index in [2.05, 4.69) is 54.3 Å². The van der Waals surface area contributed by atoms with Crippen molar-refractivity contribution in [3.63, 3.8) is 0 Å². The fraction of sp³-hybridized carbons (Fsp3) is 0.471. The Morgan fingerprint density at radius 3 is 2.57 bits per heavy atom. The SMILES string of the molecule is CC(C)(C)C1CCN(c2snc(N)c2-c2ccccc2)C1. The summed E-state index contributed by atoms with van der Waals surface area (Å²) in [5, 5.41) is 1.23. The lowest BCUT2D eigenvalue weighted by Crippen LogP contribution is -2.25. The minimum absolute atomic E-state index is 0.359. The average Bonchev–Trinajstić information content (AvgIpc) is 3.05. The van der Waals surface area contributed by atoms with Crippen LogP contribution in [0.1, 0.15) is 27.2 Å². The molecule has 1 aliphatic rings. The third-order valence-corrected chi connectivity index (χ3v) is 5.39. The monoisotopic (exact) mass is 301 g/mol. The van der Waals surface area contributed by atoms with Crippen LogP contribution in [0.15, 0.2) is 30.3 Å². The molecule has 1 aliphatic heterocycles. The highest BCUT2D eigenvalue weighted by molar-refractivity contribution is 7.11. The zero-order chi connectivity index (χ0) is 15.0. The van der Waals surface area contributed by atoms with Crippen molar-refractivity contribution in [2.45, 2.75) is 27.2 Å². The summed E-state index contributed by atoms with van der Waals surface area (Å²) >= 11 is 1.53. The van der Waals surface area contributed by atoms with Gasteiger partial charge >= 0.3 is 0 Å². The van der Waals surface area contributed by atoms with Gasteiger partial charge in [-0.05, 0) is 34.8 Å². The van der Waals surface area contributed by atoms with Crippen molar-refractivity contribution in [2.75, 3.05) is 23.7 Å². The number of hydrogen-bond donors (Lipinski definition) is 1. The first kappa shape index (κ1) is 14.4. The smallest absolute Gasteiger partial charge is 0.147 e. The molecule has 3 rings (SSSR count). The summed E-state index contributed by atoms with van der Waals surface area (Å²) in [6.07, 6.45) is 1.25. The first-order valence-corrected chi connectivity index (χ1v) is 8.29. The van der Waals surface area contributed by atoms with Crippen LogP contribution in [-0.4, -0.2) is 17.5 Å². The Kier molecular flexibility index (Phi) is 3.66. The molecule has 0 spiro atoms. The highest BCUT2D eigenvalue weighted by Gasteiger charge is 2.33. The summed E-state index contributed by atoms with van der Waals surface area (Å²) in [6.45, 7) is 9.20. The Balaban J connectivity index is 1.92. The number of nitrogens with zero attached hydrogens (tertiary/aromatic N) is 2. The molecule has 2 N–H and O–H groups in total. The molecule has 1 unspecified atom stereocenters. The van der Waals surface area contributed by atoms with Gasteiger partial charge in [0, 0.05) is 13.1 Å². The maximum Gasteiger partial charge on any atom is 0.147 e. The predicted octanol–water partition coefficient (Wildman–Crippen LogP) is 4.26. The molecular formula is C17H23N3S. The van der Waals surface area contributed by atoms with Crippen molar-refractivity contribution in [2.24, 2.45) is 11.3 Å². The van der Waals surface area contributed by atoms with Gasteiger partial charge in [0.2, 0.25) is 0 Å². The summed E-state index contributed by atoms with van der Waals surface area (Å²) in [4.78, 5) is 2.46. The van der Waals surface area contributed by atoms with Crippen molar-refractivity contribution in [3.8, 4) is 11.1 Å². The Labute approximate surface area is 131 Å². The minimum atomic E-state index is 0.359. The van der Waals surface area contributed by atoms with Crippen molar-refractivity contribution < 1.29 is 0 Å². The standard InChI is InChI=1S/C17H23N3S/c1-17(2,3)13-9-10-20(11-13)16-14(15(18)19-21-16)12-7-5-4-6-8-12/h4-8,13H,9-11H2,1-3H3,(H2,18,19). The van der Waals surface area contributed by atoms with Gasteiger partial charge in [0.25, 0.3) is 0 Å². The number of benzene rings is 1. The highest BCUT2D eigenvalue weighted by Crippen LogP contribution is 2.43. The molecule has 1 atom stereocenters. The zero-order valence-corrected chi connectivity index (χ0v) is 13.8. The van der Waals surface area contributed by atoms with E-state index >= 15 is 0 Å². The molecule has 1 saturated heterocycles. The molecule has 2 aromatic rings. The Morgan fingerprint density at radius 2 is 1.95 bits per heavy atom. The Hall–Kier alpha value is -1.55. The molecule has 1 fully saturated rings. The van der Waals surface area contributed by atoms with Gasteiger partial charge in [-0.3, -0.25) is 0 Å². The van der Waals surface area contributed by atoms with Crippen LogP contribution in [0.5, 0.6) is 0 Å². The first-order valence-electron chi connectivity index (χ1n) is 7.52. The second-order valence-corrected chi connectivity index (χ2v) is 7.66.